The second-order valence-corrected chi connectivity index (χ2v) is 7.79. The number of nitrogens with one attached hydrogen (secondary N) is 1. The Bertz CT molecular complexity index is 655. The highest BCUT2D eigenvalue weighted by Gasteiger charge is 2.33. The van der Waals surface area contributed by atoms with Crippen LogP contribution in [0.3, 0.4) is 0 Å². The van der Waals surface area contributed by atoms with Gasteiger partial charge in [0.15, 0.2) is 5.82 Å². The second kappa shape index (κ2) is 6.41. The molecule has 8 heteroatoms. The van der Waals surface area contributed by atoms with Gasteiger partial charge in [0.2, 0.25) is 10.0 Å². The Morgan fingerprint density at radius 3 is 3.09 bits per heavy atom. The maximum Gasteiger partial charge on any atom is 0.243 e. The van der Waals surface area contributed by atoms with Gasteiger partial charge in [-0.1, -0.05) is 17.7 Å². The lowest BCUT2D eigenvalue weighted by Gasteiger charge is -2.35. The average molecular weight is 349 g/mol. The first-order chi connectivity index (χ1) is 10.5. The fourth-order valence-corrected chi connectivity index (χ4v) is 4.38. The van der Waals surface area contributed by atoms with Crippen molar-refractivity contribution < 1.29 is 17.5 Å². The molecule has 0 saturated carbocycles. The molecule has 3 rings (SSSR count). The molecular formula is C14H18ClFN2O3S. The normalized spacial score (nSPS) is 26.1. The van der Waals surface area contributed by atoms with Crippen LogP contribution in [0.25, 0.3) is 0 Å². The molecule has 2 saturated heterocycles. The van der Waals surface area contributed by atoms with Crippen LogP contribution in [0.5, 0.6) is 0 Å². The zero-order valence-corrected chi connectivity index (χ0v) is 13.5. The van der Waals surface area contributed by atoms with Gasteiger partial charge in [0.1, 0.15) is 4.90 Å². The molecule has 1 N–H and O–H groups in total. The first-order valence-electron chi connectivity index (χ1n) is 7.27. The molecule has 0 spiro atoms. The molecule has 2 heterocycles. The molecule has 0 bridgehead atoms. The number of morpholine rings is 1. The van der Waals surface area contributed by atoms with Crippen LogP contribution >= 0.6 is 11.6 Å². The molecule has 5 nitrogen and oxygen atoms in total. The number of fused-ring (bicyclic) bond motifs is 1. The van der Waals surface area contributed by atoms with E-state index in [1.54, 1.807) is 0 Å². The zero-order valence-electron chi connectivity index (χ0n) is 12.0. The van der Waals surface area contributed by atoms with Crippen molar-refractivity contribution in [2.45, 2.75) is 29.9 Å². The van der Waals surface area contributed by atoms with Gasteiger partial charge in [-0.05, 0) is 31.5 Å². The number of hydrogen-bond donors (Lipinski definition) is 1. The van der Waals surface area contributed by atoms with E-state index in [0.717, 1.165) is 19.4 Å². The van der Waals surface area contributed by atoms with Crippen LogP contribution in [-0.4, -0.2) is 51.7 Å². The molecule has 0 aliphatic carbocycles. The van der Waals surface area contributed by atoms with Crippen LogP contribution in [0.15, 0.2) is 23.1 Å². The summed E-state index contributed by atoms with van der Waals surface area (Å²) in [6.07, 6.45) is 2.07. The summed E-state index contributed by atoms with van der Waals surface area (Å²) in [7, 11) is -3.94. The summed E-state index contributed by atoms with van der Waals surface area (Å²) in [6, 6.07) is 4.37. The van der Waals surface area contributed by atoms with Crippen LogP contribution in [0.4, 0.5) is 4.39 Å². The Labute approximate surface area is 134 Å². The van der Waals surface area contributed by atoms with Crippen LogP contribution in [0.2, 0.25) is 5.02 Å². The Balaban J connectivity index is 1.64. The number of sulfonamides is 1. The number of rotatable bonds is 4. The average Bonchev–Trinajstić information content (AvgIpc) is 2.95. The molecule has 0 radical (unpaired) electrons. The lowest BCUT2D eigenvalue weighted by molar-refractivity contribution is -0.0449. The van der Waals surface area contributed by atoms with E-state index in [4.69, 9.17) is 16.3 Å². The fraction of sp³-hybridized carbons (Fsp3) is 0.571. The summed E-state index contributed by atoms with van der Waals surface area (Å²) in [5.41, 5.74) is 0. The Hall–Kier alpha value is -0.730. The third kappa shape index (κ3) is 3.28. The standard InChI is InChI=1S/C14H18ClFN2O3S/c15-12-4-1-5-13(14(12)16)22(19,20)17-7-11-8-18-6-2-3-10(18)9-21-11/h1,4-5,10-11,17H,2-3,6-9H2/t10-,11+/m1/s1. The smallest absolute Gasteiger partial charge is 0.243 e. The minimum Gasteiger partial charge on any atom is -0.374 e. The summed E-state index contributed by atoms with van der Waals surface area (Å²) in [5, 5.41) is -0.211. The van der Waals surface area contributed by atoms with E-state index in [1.165, 1.54) is 18.2 Å². The van der Waals surface area contributed by atoms with E-state index in [1.807, 2.05) is 0 Å². The van der Waals surface area contributed by atoms with Gasteiger partial charge in [-0.25, -0.2) is 17.5 Å². The molecule has 0 aromatic heterocycles. The van der Waals surface area contributed by atoms with Crippen molar-refractivity contribution in [2.75, 3.05) is 26.2 Å². The number of ether oxygens (including phenoxy) is 1. The van der Waals surface area contributed by atoms with Crippen LogP contribution in [0, 0.1) is 5.82 Å². The predicted molar refractivity (Wildman–Crippen MR) is 80.9 cm³/mol. The third-order valence-corrected chi connectivity index (χ3v) is 5.90. The maximum absolute atomic E-state index is 13.8. The number of halogens is 2. The summed E-state index contributed by atoms with van der Waals surface area (Å²) in [5.74, 6) is -0.930. The summed E-state index contributed by atoms with van der Waals surface area (Å²) >= 11 is 5.63. The van der Waals surface area contributed by atoms with Gasteiger partial charge in [0, 0.05) is 19.1 Å². The SMILES string of the molecule is O=S(=O)(NC[C@H]1CN2CCC[C@@H]2CO1)c1cccc(Cl)c1F. The third-order valence-electron chi connectivity index (χ3n) is 4.17. The highest BCUT2D eigenvalue weighted by atomic mass is 35.5. The predicted octanol–water partition coefficient (Wildman–Crippen LogP) is 1.62. The Morgan fingerprint density at radius 1 is 1.45 bits per heavy atom. The lowest BCUT2D eigenvalue weighted by atomic mass is 10.2. The van der Waals surface area contributed by atoms with Gasteiger partial charge >= 0.3 is 0 Å². The maximum atomic E-state index is 13.8. The van der Waals surface area contributed by atoms with E-state index in [2.05, 4.69) is 9.62 Å². The van der Waals surface area contributed by atoms with Gasteiger partial charge < -0.3 is 4.74 Å². The van der Waals surface area contributed by atoms with Crippen molar-refractivity contribution in [2.24, 2.45) is 0 Å². The molecule has 2 aliphatic heterocycles. The fourth-order valence-electron chi connectivity index (χ4n) is 2.98. The molecular weight excluding hydrogens is 331 g/mol. The first-order valence-corrected chi connectivity index (χ1v) is 9.13. The minimum atomic E-state index is -3.94. The molecule has 2 aliphatic rings. The van der Waals surface area contributed by atoms with E-state index in [9.17, 15) is 12.8 Å². The van der Waals surface area contributed by atoms with E-state index in [0.29, 0.717) is 19.2 Å². The largest absolute Gasteiger partial charge is 0.374 e. The highest BCUT2D eigenvalue weighted by Crippen LogP contribution is 2.24. The zero-order chi connectivity index (χ0) is 15.7. The van der Waals surface area contributed by atoms with Crippen LogP contribution < -0.4 is 4.72 Å². The monoisotopic (exact) mass is 348 g/mol. The van der Waals surface area contributed by atoms with Crippen LogP contribution in [-0.2, 0) is 14.8 Å². The van der Waals surface area contributed by atoms with Gasteiger partial charge in [-0.2, -0.15) is 0 Å². The molecule has 2 fully saturated rings. The molecule has 0 unspecified atom stereocenters. The van der Waals surface area contributed by atoms with Crippen molar-refractivity contribution in [3.05, 3.63) is 29.0 Å². The van der Waals surface area contributed by atoms with E-state index >= 15 is 0 Å². The van der Waals surface area contributed by atoms with Gasteiger partial charge in [-0.3, -0.25) is 4.90 Å². The molecule has 2 atom stereocenters. The highest BCUT2D eigenvalue weighted by molar-refractivity contribution is 7.89. The summed E-state index contributed by atoms with van der Waals surface area (Å²) in [4.78, 5) is 1.89. The quantitative estimate of drug-likeness (QED) is 0.898. The van der Waals surface area contributed by atoms with Gasteiger partial charge in [-0.15, -0.1) is 0 Å². The molecule has 1 aromatic rings. The molecule has 122 valence electrons. The molecule has 22 heavy (non-hydrogen) atoms. The topological polar surface area (TPSA) is 58.6 Å². The van der Waals surface area contributed by atoms with E-state index in [-0.39, 0.29) is 17.7 Å². The molecule has 0 amide bonds. The van der Waals surface area contributed by atoms with Gasteiger partial charge in [0.05, 0.1) is 17.7 Å². The minimum absolute atomic E-state index is 0.123. The Kier molecular flexibility index (Phi) is 4.70. The van der Waals surface area contributed by atoms with Crippen LogP contribution in [0.1, 0.15) is 12.8 Å². The van der Waals surface area contributed by atoms with Crippen molar-refractivity contribution in [1.82, 2.24) is 9.62 Å². The van der Waals surface area contributed by atoms with Crippen molar-refractivity contribution >= 4 is 21.6 Å². The number of hydrogen-bond acceptors (Lipinski definition) is 4. The first kappa shape index (κ1) is 16.1. The lowest BCUT2D eigenvalue weighted by Crippen LogP contribution is -2.50. The molecule has 1 aromatic carbocycles. The van der Waals surface area contributed by atoms with E-state index < -0.39 is 20.7 Å². The second-order valence-electron chi connectivity index (χ2n) is 5.65. The summed E-state index contributed by atoms with van der Waals surface area (Å²) in [6.45, 7) is 2.47. The van der Waals surface area contributed by atoms with Gasteiger partial charge in [0.25, 0.3) is 0 Å². The van der Waals surface area contributed by atoms with Crippen molar-refractivity contribution in [3.8, 4) is 0 Å². The number of nitrogens with zero attached hydrogens (tertiary/aromatic N) is 1. The van der Waals surface area contributed by atoms with Crippen molar-refractivity contribution in [1.29, 1.82) is 0 Å². The number of benzene rings is 1. The Morgan fingerprint density at radius 2 is 2.27 bits per heavy atom. The van der Waals surface area contributed by atoms with Crippen molar-refractivity contribution in [3.63, 3.8) is 0 Å². The summed E-state index contributed by atoms with van der Waals surface area (Å²) < 4.78 is 46.3.